The van der Waals surface area contributed by atoms with Crippen molar-refractivity contribution in [1.29, 1.82) is 0 Å². The number of halogens is 1. The Bertz CT molecular complexity index is 2070. The van der Waals surface area contributed by atoms with E-state index in [0.29, 0.717) is 0 Å². The van der Waals surface area contributed by atoms with Crippen LogP contribution in [0.25, 0.3) is 44.5 Å². The van der Waals surface area contributed by atoms with E-state index < -0.39 is 8.07 Å². The fourth-order valence-electron chi connectivity index (χ4n) is 5.37. The topological polar surface area (TPSA) is 38.9 Å². The molecule has 0 atom stereocenters. The van der Waals surface area contributed by atoms with Gasteiger partial charge in [-0.15, -0.1) is 53.6 Å². The fraction of sp³-hybridized carbons (Fsp3) is 0.150. The maximum atomic E-state index is 12.8. The molecule has 3 nitrogen and oxygen atoms in total. The van der Waals surface area contributed by atoms with E-state index in [4.69, 9.17) is 4.42 Å². The molecule has 46 heavy (non-hydrogen) atoms. The molecule has 0 bridgehead atoms. The van der Waals surface area contributed by atoms with Crippen molar-refractivity contribution < 1.29 is 28.9 Å². The van der Waals surface area contributed by atoms with E-state index in [9.17, 15) is 4.39 Å². The van der Waals surface area contributed by atoms with Gasteiger partial charge in [-0.2, -0.15) is 0 Å². The Morgan fingerprint density at radius 1 is 0.674 bits per heavy atom. The van der Waals surface area contributed by atoms with Gasteiger partial charge in [0.2, 0.25) is 0 Å². The van der Waals surface area contributed by atoms with Crippen LogP contribution in [0.3, 0.4) is 0 Å². The molecule has 0 aliphatic carbocycles. The Balaban J connectivity index is 0.000000200. The summed E-state index contributed by atoms with van der Waals surface area (Å²) >= 11 is 0. The van der Waals surface area contributed by atoms with Gasteiger partial charge in [0.05, 0.1) is 13.7 Å². The molecule has 0 saturated heterocycles. The third-order valence-corrected chi connectivity index (χ3v) is 10.3. The number of nitrogens with zero attached hydrogens (tertiary/aromatic N) is 2. The summed E-state index contributed by atoms with van der Waals surface area (Å²) in [6.07, 6.45) is 3.82. The van der Waals surface area contributed by atoms with Crippen LogP contribution in [0, 0.1) is 17.9 Å². The summed E-state index contributed by atoms with van der Waals surface area (Å²) in [5.74, 6) is -0.271. The summed E-state index contributed by atoms with van der Waals surface area (Å²) in [6, 6.07) is 41.8. The van der Waals surface area contributed by atoms with Crippen LogP contribution in [0.15, 0.2) is 126 Å². The van der Waals surface area contributed by atoms with Crippen molar-refractivity contribution >= 4 is 35.2 Å². The maximum absolute atomic E-state index is 12.8. The molecule has 0 aliphatic heterocycles. The van der Waals surface area contributed by atoms with Gasteiger partial charge in [-0.25, -0.2) is 0 Å². The smallest absolute Gasteiger partial charge is 0.120 e. The van der Waals surface area contributed by atoms with Crippen LogP contribution >= 0.6 is 0 Å². The van der Waals surface area contributed by atoms with Gasteiger partial charge in [-0.3, -0.25) is 4.39 Å². The number of rotatable bonds is 5. The van der Waals surface area contributed by atoms with Gasteiger partial charge < -0.3 is 14.4 Å². The molecule has 0 fully saturated rings. The van der Waals surface area contributed by atoms with Crippen molar-refractivity contribution in [2.45, 2.75) is 38.9 Å². The van der Waals surface area contributed by atoms with Crippen molar-refractivity contribution in [1.82, 2.24) is 9.97 Å². The molecular weight excluding hydrogens is 764 g/mol. The molecule has 0 amide bonds. The van der Waals surface area contributed by atoms with E-state index >= 15 is 0 Å². The Kier molecular flexibility index (Phi) is 9.83. The van der Waals surface area contributed by atoms with Crippen LogP contribution in [0.1, 0.15) is 25.0 Å². The van der Waals surface area contributed by atoms with Gasteiger partial charge >= 0.3 is 0 Å². The number of para-hydroxylation sites is 1. The number of hydrogen-bond donors (Lipinski definition) is 0. The van der Waals surface area contributed by atoms with Gasteiger partial charge in [-0.05, 0) is 39.8 Å². The third kappa shape index (κ3) is 7.10. The molecule has 4 aromatic carbocycles. The van der Waals surface area contributed by atoms with Crippen molar-refractivity contribution in [2.24, 2.45) is 0 Å². The fourth-order valence-corrected chi connectivity index (χ4v) is 6.40. The zero-order chi connectivity index (χ0) is 31.6. The van der Waals surface area contributed by atoms with Crippen LogP contribution in [0.2, 0.25) is 19.6 Å². The molecule has 7 rings (SSSR count). The Hall–Kier alpha value is -4.22. The van der Waals surface area contributed by atoms with Crippen LogP contribution < -0.4 is 5.19 Å². The first-order valence-corrected chi connectivity index (χ1v) is 18.6. The van der Waals surface area contributed by atoms with Gasteiger partial charge in [0.25, 0.3) is 0 Å². The molecule has 0 spiro atoms. The van der Waals surface area contributed by atoms with E-state index in [2.05, 4.69) is 116 Å². The quantitative estimate of drug-likeness (QED) is 0.129. The van der Waals surface area contributed by atoms with Crippen LogP contribution in [-0.4, -0.2) is 18.0 Å². The Morgan fingerprint density at radius 3 is 2.11 bits per heavy atom. The van der Waals surface area contributed by atoms with Gasteiger partial charge in [0.1, 0.15) is 5.58 Å². The molecule has 233 valence electrons. The normalized spacial score (nSPS) is 11.5. The number of pyridine rings is 2. The summed E-state index contributed by atoms with van der Waals surface area (Å²) in [5, 5.41) is 3.54. The van der Waals surface area contributed by atoms with E-state index in [0.717, 1.165) is 44.5 Å². The first kappa shape index (κ1) is 33.1. The van der Waals surface area contributed by atoms with Crippen molar-refractivity contribution in [3.05, 3.63) is 151 Å². The minimum absolute atomic E-state index is 0. The van der Waals surface area contributed by atoms with Crippen molar-refractivity contribution in [2.75, 3.05) is 0 Å². The van der Waals surface area contributed by atoms with Gasteiger partial charge in [0, 0.05) is 49.1 Å². The number of hydrogen-bond acceptors (Lipinski definition) is 3. The molecule has 1 radical (unpaired) electrons. The maximum Gasteiger partial charge on any atom is 0.120 e. The summed E-state index contributed by atoms with van der Waals surface area (Å²) in [6.45, 7) is 11.4. The van der Waals surface area contributed by atoms with E-state index in [1.54, 1.807) is 6.07 Å². The average Bonchev–Trinajstić information content (AvgIpc) is 3.44. The van der Waals surface area contributed by atoms with Crippen molar-refractivity contribution in [3.63, 3.8) is 0 Å². The molecule has 3 aromatic heterocycles. The number of furan rings is 1. The zero-order valence-electron chi connectivity index (χ0n) is 26.6. The van der Waals surface area contributed by atoms with Gasteiger partial charge in [-0.1, -0.05) is 106 Å². The minimum Gasteiger partial charge on any atom is -0.500 e. The summed E-state index contributed by atoms with van der Waals surface area (Å²) in [5.41, 5.74) is 7.73. The van der Waals surface area contributed by atoms with E-state index in [1.165, 1.54) is 28.4 Å². The zero-order valence-corrected chi connectivity index (χ0v) is 30.0. The SMILES string of the molecule is CC(C)(c1ccccc1)c1ccnc(-c2[c-]cc3oc4ccccc4c3c2)c1.C[Si](C)(C)c1ccc(-c2[c-]cc(F)cc2)nc1.[Ir]. The molecule has 7 aromatic rings. The minimum atomic E-state index is -1.30. The second-order valence-corrected chi connectivity index (χ2v) is 17.8. The molecular formula is C40H35FIrN2OSi-2. The number of benzene rings is 4. The second-order valence-electron chi connectivity index (χ2n) is 12.7. The van der Waals surface area contributed by atoms with Crippen molar-refractivity contribution in [3.8, 4) is 22.5 Å². The van der Waals surface area contributed by atoms with Crippen LogP contribution in [-0.2, 0) is 25.5 Å². The molecule has 6 heteroatoms. The average molecular weight is 799 g/mol. The van der Waals surface area contributed by atoms with Crippen LogP contribution in [0.4, 0.5) is 4.39 Å². The van der Waals surface area contributed by atoms with E-state index in [-0.39, 0.29) is 31.3 Å². The Morgan fingerprint density at radius 2 is 1.41 bits per heavy atom. The number of fused-ring (bicyclic) bond motifs is 3. The first-order valence-electron chi connectivity index (χ1n) is 15.1. The van der Waals surface area contributed by atoms with Gasteiger partial charge in [0.15, 0.2) is 0 Å². The number of aromatic nitrogens is 2. The predicted molar refractivity (Wildman–Crippen MR) is 186 cm³/mol. The molecule has 3 heterocycles. The molecule has 0 N–H and O–H groups in total. The largest absolute Gasteiger partial charge is 0.500 e. The molecule has 0 saturated carbocycles. The second kappa shape index (κ2) is 13.6. The summed E-state index contributed by atoms with van der Waals surface area (Å²) < 4.78 is 18.7. The summed E-state index contributed by atoms with van der Waals surface area (Å²) in [4.78, 5) is 9.05. The third-order valence-electron chi connectivity index (χ3n) is 8.24. The summed E-state index contributed by atoms with van der Waals surface area (Å²) in [7, 11) is -1.30. The standard InChI is InChI=1S/C26H20NO.C14H15FNSi.Ir/c1-26(2,19-8-4-3-5-9-19)20-14-15-27-23(17-20)18-12-13-25-22(16-18)21-10-6-7-11-24(21)28-25;1-17(2,3)13-8-9-14(16-10-13)11-4-6-12(15)7-5-11;/h3-11,13-17H,1-2H3;4,6-10H,1-3H3;/q2*-1;. The van der Waals surface area contributed by atoms with Crippen LogP contribution in [0.5, 0.6) is 0 Å². The molecule has 0 unspecified atom stereocenters. The first-order chi connectivity index (χ1) is 21.6. The van der Waals surface area contributed by atoms with E-state index in [1.807, 2.05) is 42.7 Å². The molecule has 0 aliphatic rings. The Labute approximate surface area is 284 Å². The monoisotopic (exact) mass is 799 g/mol. The predicted octanol–water partition coefficient (Wildman–Crippen LogP) is 10.0.